The van der Waals surface area contributed by atoms with E-state index in [0.29, 0.717) is 41.7 Å². The monoisotopic (exact) mass is 458 g/mol. The van der Waals surface area contributed by atoms with Crippen molar-refractivity contribution >= 4 is 43.6 Å². The van der Waals surface area contributed by atoms with E-state index in [1.165, 1.54) is 15.6 Å². The Hall–Kier alpha value is -3.02. The van der Waals surface area contributed by atoms with Crippen molar-refractivity contribution in [2.24, 2.45) is 0 Å². The Kier molecular flexibility index (Phi) is 5.77. The predicted molar refractivity (Wildman–Crippen MR) is 117 cm³/mol. The summed E-state index contributed by atoms with van der Waals surface area (Å²) in [7, 11) is 0. The Labute approximate surface area is 186 Å². The van der Waals surface area contributed by atoms with Crippen molar-refractivity contribution in [2.45, 2.75) is 6.54 Å². The van der Waals surface area contributed by atoms with Gasteiger partial charge in [0.2, 0.25) is 0 Å². The molecule has 166 valence electrons. The van der Waals surface area contributed by atoms with Gasteiger partial charge < -0.3 is 4.74 Å². The van der Waals surface area contributed by atoms with Gasteiger partial charge in [-0.15, -0.1) is 5.10 Å². The number of halogens is 2. The van der Waals surface area contributed by atoms with Gasteiger partial charge in [-0.3, -0.25) is 14.6 Å². The number of nitrogens with zero attached hydrogens (tertiary/aromatic N) is 6. The number of hydrogen-bond donors (Lipinski definition) is 0. The second-order valence-electron chi connectivity index (χ2n) is 7.47. The maximum absolute atomic E-state index is 14.2. The zero-order chi connectivity index (χ0) is 22.1. The fourth-order valence-corrected chi connectivity index (χ4v) is 4.75. The van der Waals surface area contributed by atoms with Crippen molar-refractivity contribution in [2.75, 3.05) is 44.3 Å². The van der Waals surface area contributed by atoms with Crippen LogP contribution in [-0.4, -0.2) is 70.2 Å². The number of carbonyl (C=O) groups is 1. The van der Waals surface area contributed by atoms with Crippen LogP contribution in [0.4, 0.5) is 13.9 Å². The summed E-state index contributed by atoms with van der Waals surface area (Å²) in [4.78, 5) is 21.4. The molecule has 2 aromatic carbocycles. The molecule has 4 aromatic rings. The topological polar surface area (TPSA) is 76.4 Å². The van der Waals surface area contributed by atoms with E-state index < -0.39 is 11.6 Å². The molecule has 5 rings (SSSR count). The van der Waals surface area contributed by atoms with Crippen LogP contribution in [0.5, 0.6) is 0 Å². The molecule has 0 atom stereocenters. The van der Waals surface area contributed by atoms with Crippen LogP contribution in [0.3, 0.4) is 0 Å². The quantitative estimate of drug-likeness (QED) is 0.442. The van der Waals surface area contributed by atoms with Gasteiger partial charge in [0.15, 0.2) is 10.9 Å². The lowest BCUT2D eigenvalue weighted by atomic mass is 10.3. The molecule has 0 N–H and O–H groups in total. The molecule has 2 aromatic heterocycles. The Morgan fingerprint density at radius 3 is 2.84 bits per heavy atom. The number of hydrogen-bond acceptors (Lipinski definition) is 7. The third-order valence-electron chi connectivity index (χ3n) is 5.38. The van der Waals surface area contributed by atoms with Gasteiger partial charge in [-0.05, 0) is 18.2 Å². The van der Waals surface area contributed by atoms with Crippen molar-refractivity contribution < 1.29 is 18.3 Å². The minimum absolute atomic E-state index is 0.0452. The molecule has 1 amide bonds. The average molecular weight is 458 g/mol. The number of ether oxygens (including phenoxy) is 1. The molecule has 1 aliphatic heterocycles. The minimum atomic E-state index is -0.745. The first-order chi connectivity index (χ1) is 15.6. The lowest BCUT2D eigenvalue weighted by Crippen LogP contribution is -2.44. The Bertz CT molecular complexity index is 1270. The number of morpholine rings is 1. The number of anilines is 1. The molecule has 0 aliphatic carbocycles. The van der Waals surface area contributed by atoms with E-state index in [1.807, 2.05) is 24.3 Å². The smallest absolute Gasteiger partial charge is 0.250 e. The van der Waals surface area contributed by atoms with Gasteiger partial charge in [-0.1, -0.05) is 28.7 Å². The number of rotatable bonds is 6. The Morgan fingerprint density at radius 2 is 2.00 bits per heavy atom. The van der Waals surface area contributed by atoms with Crippen LogP contribution in [0, 0.1) is 11.6 Å². The highest BCUT2D eigenvalue weighted by Gasteiger charge is 2.24. The van der Waals surface area contributed by atoms with Gasteiger partial charge >= 0.3 is 0 Å². The van der Waals surface area contributed by atoms with E-state index >= 15 is 0 Å². The molecule has 0 radical (unpaired) electrons. The maximum atomic E-state index is 14.2. The van der Waals surface area contributed by atoms with Crippen molar-refractivity contribution in [3.8, 4) is 0 Å². The molecule has 8 nitrogen and oxygen atoms in total. The molecule has 3 heterocycles. The van der Waals surface area contributed by atoms with Crippen LogP contribution in [-0.2, 0) is 16.1 Å². The summed E-state index contributed by atoms with van der Waals surface area (Å²) in [5, 5.41) is 8.52. The third kappa shape index (κ3) is 4.18. The molecule has 0 unspecified atom stereocenters. The lowest BCUT2D eigenvalue weighted by Gasteiger charge is -2.29. The van der Waals surface area contributed by atoms with E-state index in [2.05, 4.69) is 20.2 Å². The third-order valence-corrected chi connectivity index (χ3v) is 6.41. The van der Waals surface area contributed by atoms with Crippen molar-refractivity contribution in [3.05, 3.63) is 48.0 Å². The van der Waals surface area contributed by atoms with Gasteiger partial charge in [0.05, 0.1) is 23.4 Å². The summed E-state index contributed by atoms with van der Waals surface area (Å²) in [6, 6.07) is 9.41. The van der Waals surface area contributed by atoms with E-state index in [-0.39, 0.29) is 18.0 Å². The number of amides is 1. The zero-order valence-corrected chi connectivity index (χ0v) is 17.9. The summed E-state index contributed by atoms with van der Waals surface area (Å²) in [6.45, 7) is 3.76. The second kappa shape index (κ2) is 8.85. The first kappa shape index (κ1) is 20.9. The fraction of sp³-hybridized carbons (Fsp3) is 0.333. The summed E-state index contributed by atoms with van der Waals surface area (Å²) >= 11 is 1.09. The summed E-state index contributed by atoms with van der Waals surface area (Å²) in [5.74, 6) is -1.68. The van der Waals surface area contributed by atoms with Crippen LogP contribution in [0.1, 0.15) is 0 Å². The first-order valence-electron chi connectivity index (χ1n) is 10.2. The van der Waals surface area contributed by atoms with E-state index in [4.69, 9.17) is 4.74 Å². The number of aromatic nitrogens is 4. The van der Waals surface area contributed by atoms with Crippen LogP contribution in [0.15, 0.2) is 36.4 Å². The highest BCUT2D eigenvalue weighted by atomic mass is 32.1. The van der Waals surface area contributed by atoms with Crippen molar-refractivity contribution in [1.29, 1.82) is 0 Å². The second-order valence-corrected chi connectivity index (χ2v) is 8.48. The average Bonchev–Trinajstić information content (AvgIpc) is 3.39. The van der Waals surface area contributed by atoms with Gasteiger partial charge in [0.25, 0.3) is 5.91 Å². The Morgan fingerprint density at radius 1 is 1.19 bits per heavy atom. The zero-order valence-electron chi connectivity index (χ0n) is 17.1. The number of benzene rings is 2. The van der Waals surface area contributed by atoms with Crippen LogP contribution < -0.4 is 4.90 Å². The van der Waals surface area contributed by atoms with Crippen molar-refractivity contribution in [1.82, 2.24) is 24.9 Å². The summed E-state index contributed by atoms with van der Waals surface area (Å²) < 4.78 is 35.2. The standard InChI is InChI=1S/C21H20F2N6O2S/c22-14-11-15(23)20-18(12-14)32-21(24-20)28(6-5-27-7-9-31-10-8-27)19(30)13-29-17-4-2-1-3-16(17)25-26-29/h1-4,11-12H,5-10,13H2. The summed E-state index contributed by atoms with van der Waals surface area (Å²) in [6.07, 6.45) is 0. The number of para-hydroxylation sites is 1. The molecule has 1 aliphatic rings. The Balaban J connectivity index is 1.44. The number of fused-ring (bicyclic) bond motifs is 2. The maximum Gasteiger partial charge on any atom is 0.250 e. The summed E-state index contributed by atoms with van der Waals surface area (Å²) in [5.41, 5.74) is 1.49. The highest BCUT2D eigenvalue weighted by molar-refractivity contribution is 7.22. The molecule has 1 saturated heterocycles. The number of carbonyl (C=O) groups excluding carboxylic acids is 1. The van der Waals surface area contributed by atoms with Crippen LogP contribution in [0.2, 0.25) is 0 Å². The van der Waals surface area contributed by atoms with Gasteiger partial charge in [0, 0.05) is 32.2 Å². The normalized spacial score (nSPS) is 14.9. The molecule has 11 heteroatoms. The molecule has 0 spiro atoms. The molecular formula is C21H20F2N6O2S. The molecule has 0 bridgehead atoms. The molecule has 32 heavy (non-hydrogen) atoms. The van der Waals surface area contributed by atoms with Crippen LogP contribution in [0.25, 0.3) is 21.3 Å². The molecular weight excluding hydrogens is 438 g/mol. The van der Waals surface area contributed by atoms with Gasteiger partial charge in [-0.25, -0.2) is 18.4 Å². The van der Waals surface area contributed by atoms with Gasteiger partial charge in [-0.2, -0.15) is 0 Å². The fourth-order valence-electron chi connectivity index (χ4n) is 3.70. The largest absolute Gasteiger partial charge is 0.379 e. The SMILES string of the molecule is O=C(Cn1nnc2ccccc21)N(CCN1CCOCC1)c1nc2c(F)cc(F)cc2s1. The van der Waals surface area contributed by atoms with E-state index in [9.17, 15) is 13.6 Å². The van der Waals surface area contributed by atoms with Crippen LogP contribution >= 0.6 is 11.3 Å². The lowest BCUT2D eigenvalue weighted by molar-refractivity contribution is -0.119. The number of thiazole rings is 1. The minimum Gasteiger partial charge on any atom is -0.379 e. The molecule has 1 fully saturated rings. The van der Waals surface area contributed by atoms with E-state index in [0.717, 1.165) is 36.0 Å². The van der Waals surface area contributed by atoms with E-state index in [1.54, 1.807) is 0 Å². The predicted octanol–water partition coefficient (Wildman–Crippen LogP) is 2.68. The van der Waals surface area contributed by atoms with Gasteiger partial charge in [0.1, 0.15) is 23.4 Å². The molecule has 0 saturated carbocycles. The highest BCUT2D eigenvalue weighted by Crippen LogP contribution is 2.31. The van der Waals surface area contributed by atoms with Crippen molar-refractivity contribution in [3.63, 3.8) is 0 Å². The first-order valence-corrected chi connectivity index (χ1v) is 11.0.